The minimum Gasteiger partial charge on any atom is -0.414 e. The normalized spacial score (nSPS) is 18.0. The van der Waals surface area contributed by atoms with Gasteiger partial charge in [-0.05, 0) is 57.7 Å². The van der Waals surface area contributed by atoms with Crippen molar-refractivity contribution in [3.8, 4) is 0 Å². The summed E-state index contributed by atoms with van der Waals surface area (Å²) in [6.45, 7) is 8.78. The number of quaternary nitrogens is 1. The lowest BCUT2D eigenvalue weighted by molar-refractivity contribution is -0.792. The number of hydrogen-bond acceptors (Lipinski definition) is 5. The summed E-state index contributed by atoms with van der Waals surface area (Å²) in [6.07, 6.45) is 4.47. The van der Waals surface area contributed by atoms with Gasteiger partial charge >= 0.3 is 12.1 Å². The lowest BCUT2D eigenvalue weighted by Crippen LogP contribution is -2.66. The number of fused-ring (bicyclic) bond motifs is 1. The Morgan fingerprint density at radius 3 is 2.57 bits per heavy atom. The van der Waals surface area contributed by atoms with Gasteiger partial charge in [0.2, 0.25) is 0 Å². The second-order valence-electron chi connectivity index (χ2n) is 10.5. The Morgan fingerprint density at radius 1 is 1.23 bits per heavy atom. The molecule has 0 spiro atoms. The summed E-state index contributed by atoms with van der Waals surface area (Å²) in [7, 11) is 1.71. The van der Waals surface area contributed by atoms with Crippen LogP contribution in [0.5, 0.6) is 0 Å². The molecule has 2 fully saturated rings. The van der Waals surface area contributed by atoms with E-state index in [1.165, 1.54) is 0 Å². The minimum atomic E-state index is -0.672. The number of methoxy groups -OCH3 is 1. The Balaban J connectivity index is 1.66. The molecule has 0 unspecified atom stereocenters. The van der Waals surface area contributed by atoms with Gasteiger partial charge in [0, 0.05) is 47.9 Å². The van der Waals surface area contributed by atoms with Crippen LogP contribution in [0.1, 0.15) is 45.6 Å². The summed E-state index contributed by atoms with van der Waals surface area (Å²) >= 11 is 3.60. The van der Waals surface area contributed by atoms with Crippen LogP contribution in [0.2, 0.25) is 0 Å². The Morgan fingerprint density at radius 2 is 1.94 bits per heavy atom. The van der Waals surface area contributed by atoms with Gasteiger partial charge in [0.15, 0.2) is 0 Å². The average Bonchev–Trinajstić information content (AvgIpc) is 3.60. The van der Waals surface area contributed by atoms with Crippen LogP contribution in [0.4, 0.5) is 9.59 Å². The zero-order valence-electron chi connectivity index (χ0n) is 21.2. The third-order valence-electron chi connectivity index (χ3n) is 6.59. The zero-order valence-corrected chi connectivity index (χ0v) is 22.8. The summed E-state index contributed by atoms with van der Waals surface area (Å²) in [5, 5.41) is 1.12. The molecule has 192 valence electrons. The van der Waals surface area contributed by atoms with Crippen molar-refractivity contribution >= 4 is 39.0 Å². The molecule has 2 aliphatic rings. The molecule has 1 aliphatic carbocycles. The summed E-state index contributed by atoms with van der Waals surface area (Å²) in [5.41, 5.74) is 1.53. The lowest BCUT2D eigenvalue weighted by atomic mass is 10.1. The topological polar surface area (TPSA) is 70.0 Å². The van der Waals surface area contributed by atoms with Gasteiger partial charge < -0.3 is 18.8 Å². The van der Waals surface area contributed by atoms with Gasteiger partial charge in [0.05, 0.1) is 19.8 Å². The van der Waals surface area contributed by atoms with Crippen molar-refractivity contribution < 1.29 is 28.3 Å². The van der Waals surface area contributed by atoms with E-state index in [1.54, 1.807) is 7.11 Å². The average molecular weight is 552 g/mol. The van der Waals surface area contributed by atoms with Crippen molar-refractivity contribution in [3.63, 3.8) is 0 Å². The largest absolute Gasteiger partial charge is 0.525 e. The number of aromatic nitrogens is 1. The van der Waals surface area contributed by atoms with Crippen LogP contribution in [0.25, 0.3) is 10.9 Å². The number of rotatable bonds is 7. The Kier molecular flexibility index (Phi) is 7.90. The number of benzene rings is 1. The van der Waals surface area contributed by atoms with Crippen molar-refractivity contribution in [1.82, 2.24) is 9.47 Å². The molecular weight excluding hydrogens is 514 g/mol. The van der Waals surface area contributed by atoms with Crippen LogP contribution in [0.3, 0.4) is 0 Å². The van der Waals surface area contributed by atoms with Gasteiger partial charge in [0.25, 0.3) is 0 Å². The number of hydrogen-bond donors (Lipinski definition) is 0. The molecule has 1 aromatic heterocycles. The van der Waals surface area contributed by atoms with Gasteiger partial charge in [-0.15, -0.1) is 4.48 Å². The maximum absolute atomic E-state index is 14.2. The SMILES string of the molecule is COCCCn1cc(CN(C(=O)[N+]2(C(=O)OC(C)(C)C)CCOCC2)C2CC2)c2ccc(Br)cc21. The van der Waals surface area contributed by atoms with E-state index in [-0.39, 0.29) is 16.6 Å². The number of carbonyl (C=O) groups excluding carboxylic acids is 2. The number of aryl methyl sites for hydroxylation is 1. The van der Waals surface area contributed by atoms with E-state index in [1.807, 2.05) is 31.7 Å². The Labute approximate surface area is 215 Å². The maximum Gasteiger partial charge on any atom is 0.525 e. The highest BCUT2D eigenvalue weighted by Gasteiger charge is 2.54. The zero-order chi connectivity index (χ0) is 25.2. The predicted octanol–water partition coefficient (Wildman–Crippen LogP) is 5.31. The van der Waals surface area contributed by atoms with Crippen LogP contribution in [0, 0.1) is 0 Å². The number of halogens is 1. The van der Waals surface area contributed by atoms with Crippen molar-refractivity contribution in [3.05, 3.63) is 34.4 Å². The molecule has 1 aromatic carbocycles. The molecule has 0 N–H and O–H groups in total. The summed E-state index contributed by atoms with van der Waals surface area (Å²) < 4.78 is 19.4. The molecule has 4 rings (SSSR count). The number of amides is 3. The molecule has 0 bridgehead atoms. The number of nitrogens with zero attached hydrogens (tertiary/aromatic N) is 3. The number of urea groups is 1. The van der Waals surface area contributed by atoms with Crippen LogP contribution >= 0.6 is 15.9 Å². The van der Waals surface area contributed by atoms with Crippen LogP contribution < -0.4 is 0 Å². The molecule has 0 atom stereocenters. The van der Waals surface area contributed by atoms with Gasteiger partial charge in [-0.1, -0.05) is 22.0 Å². The van der Waals surface area contributed by atoms with Crippen molar-refractivity contribution in [2.75, 3.05) is 40.0 Å². The molecule has 9 heteroatoms. The molecule has 0 radical (unpaired) electrons. The first-order chi connectivity index (χ1) is 16.6. The molecule has 2 heterocycles. The summed E-state index contributed by atoms with van der Waals surface area (Å²) in [6, 6.07) is 6.22. The maximum atomic E-state index is 14.2. The molecule has 8 nitrogen and oxygen atoms in total. The first kappa shape index (κ1) is 26.1. The standard InChI is InChI=1S/C26H37BrN3O5/c1-26(2,3)35-25(32)30(11-14-34-15-12-30)24(31)29(21-7-8-21)18-19-17-28(10-5-13-33-4)23-16-20(27)6-9-22(19)23/h6,9,16-17,21H,5,7-8,10-15,18H2,1-4H3/q+1. The van der Waals surface area contributed by atoms with E-state index in [9.17, 15) is 9.59 Å². The molecule has 1 saturated heterocycles. The van der Waals surface area contributed by atoms with Crippen LogP contribution in [-0.4, -0.2) is 77.7 Å². The monoisotopic (exact) mass is 550 g/mol. The second-order valence-corrected chi connectivity index (χ2v) is 11.4. The van der Waals surface area contributed by atoms with Gasteiger partial charge in [0.1, 0.15) is 18.7 Å². The van der Waals surface area contributed by atoms with E-state index in [2.05, 4.69) is 38.8 Å². The number of imide groups is 1. The third kappa shape index (κ3) is 5.90. The molecule has 1 aliphatic heterocycles. The fraction of sp³-hybridized carbons (Fsp3) is 0.615. The quantitative estimate of drug-likeness (QED) is 0.345. The minimum absolute atomic E-state index is 0.144. The number of morpholine rings is 1. The van der Waals surface area contributed by atoms with Gasteiger partial charge in [-0.3, -0.25) is 4.90 Å². The molecule has 2 aromatic rings. The van der Waals surface area contributed by atoms with E-state index >= 15 is 0 Å². The van der Waals surface area contributed by atoms with Crippen molar-refractivity contribution in [1.29, 1.82) is 0 Å². The smallest absolute Gasteiger partial charge is 0.414 e. The van der Waals surface area contributed by atoms with Gasteiger partial charge in [-0.2, -0.15) is 4.79 Å². The summed E-state index contributed by atoms with van der Waals surface area (Å²) in [4.78, 5) is 29.5. The number of carbonyl (C=O) groups is 2. The first-order valence-corrected chi connectivity index (χ1v) is 13.2. The molecular formula is C26H37BrN3O5+. The van der Waals surface area contributed by atoms with Crippen molar-refractivity contribution in [2.45, 2.75) is 64.8 Å². The van der Waals surface area contributed by atoms with E-state index in [0.29, 0.717) is 39.5 Å². The summed E-state index contributed by atoms with van der Waals surface area (Å²) in [5.74, 6) is 0. The highest BCUT2D eigenvalue weighted by molar-refractivity contribution is 9.10. The highest BCUT2D eigenvalue weighted by atomic mass is 79.9. The lowest BCUT2D eigenvalue weighted by Gasteiger charge is -2.39. The molecule has 35 heavy (non-hydrogen) atoms. The molecule has 1 saturated carbocycles. The van der Waals surface area contributed by atoms with E-state index in [0.717, 1.165) is 46.7 Å². The predicted molar refractivity (Wildman–Crippen MR) is 137 cm³/mol. The Hall–Kier alpha value is -1.94. The van der Waals surface area contributed by atoms with Crippen molar-refractivity contribution in [2.24, 2.45) is 0 Å². The fourth-order valence-electron chi connectivity index (χ4n) is 4.66. The van der Waals surface area contributed by atoms with Crippen LogP contribution in [-0.2, 0) is 27.3 Å². The highest BCUT2D eigenvalue weighted by Crippen LogP contribution is 2.35. The third-order valence-corrected chi connectivity index (χ3v) is 7.09. The Bertz CT molecular complexity index is 1070. The number of ether oxygens (including phenoxy) is 3. The van der Waals surface area contributed by atoms with Gasteiger partial charge in [-0.25, -0.2) is 4.79 Å². The van der Waals surface area contributed by atoms with E-state index < -0.39 is 11.7 Å². The van der Waals surface area contributed by atoms with E-state index in [4.69, 9.17) is 14.2 Å². The molecule has 3 amide bonds. The fourth-order valence-corrected chi connectivity index (χ4v) is 5.00. The van der Waals surface area contributed by atoms with Crippen LogP contribution in [0.15, 0.2) is 28.9 Å². The first-order valence-electron chi connectivity index (χ1n) is 12.4. The second kappa shape index (κ2) is 10.6.